The number of aliphatic hydroxyl groups is 5. The molecule has 14 atom stereocenters. The van der Waals surface area contributed by atoms with Crippen LogP contribution in [0.25, 0.3) is 0 Å². The van der Waals surface area contributed by atoms with Crippen molar-refractivity contribution in [2.45, 2.75) is 141 Å². The maximum absolute atomic E-state index is 13.3. The molecule has 0 amide bonds. The summed E-state index contributed by atoms with van der Waals surface area (Å²) in [4.78, 5) is 17.1. The van der Waals surface area contributed by atoms with Crippen LogP contribution in [0.5, 0.6) is 0 Å². The largest absolute Gasteiger partial charge is 0.459 e. The Hall–Kier alpha value is -0.890. The molecule has 2 fully saturated rings. The molecule has 0 aromatic heterocycles. The average Bonchev–Trinajstić information content (AvgIpc) is 2.87. The number of likely N-dealkylation sites (N-methyl/N-ethyl adjacent to an activating group) is 2. The lowest BCUT2D eigenvalue weighted by Gasteiger charge is -2.46. The first kappa shape index (κ1) is 36.3. The van der Waals surface area contributed by atoms with Crippen LogP contribution in [0.15, 0.2) is 0 Å². The summed E-state index contributed by atoms with van der Waals surface area (Å²) in [5, 5.41) is 57.0. The fourth-order valence-corrected chi connectivity index (χ4v) is 6.74. The smallest absolute Gasteiger partial charge is 0.311 e. The van der Waals surface area contributed by atoms with Crippen LogP contribution < -0.4 is 0 Å². The summed E-state index contributed by atoms with van der Waals surface area (Å²) in [6.07, 6.45) is -5.74. The first-order chi connectivity index (χ1) is 18.8. The molecule has 0 aromatic rings. The molecule has 2 heterocycles. The number of nitrogens with zero attached hydrogens (tertiary/aromatic N) is 2. The van der Waals surface area contributed by atoms with Gasteiger partial charge in [-0.3, -0.25) is 4.79 Å². The van der Waals surface area contributed by atoms with Crippen LogP contribution in [0.1, 0.15) is 74.7 Å². The Bertz CT molecular complexity index is 841. The molecule has 0 bridgehead atoms. The Morgan fingerprint density at radius 3 is 2.17 bits per heavy atom. The summed E-state index contributed by atoms with van der Waals surface area (Å²) in [5.41, 5.74) is -3.25. The molecule has 0 spiro atoms. The van der Waals surface area contributed by atoms with Crippen molar-refractivity contribution in [2.24, 2.45) is 17.8 Å². The van der Waals surface area contributed by atoms with Crippen molar-refractivity contribution < 1.29 is 44.5 Å². The van der Waals surface area contributed by atoms with Crippen LogP contribution in [0.2, 0.25) is 0 Å². The van der Waals surface area contributed by atoms with Crippen molar-refractivity contribution in [3.8, 4) is 0 Å². The summed E-state index contributed by atoms with van der Waals surface area (Å²) in [7, 11) is 5.58. The molecular weight excluding hydrogens is 532 g/mol. The van der Waals surface area contributed by atoms with Crippen molar-refractivity contribution in [1.82, 2.24) is 9.80 Å². The number of hydrogen-bond donors (Lipinski definition) is 5. The van der Waals surface area contributed by atoms with Crippen LogP contribution in [-0.2, 0) is 19.0 Å². The minimum absolute atomic E-state index is 0.0990. The molecule has 242 valence electrons. The van der Waals surface area contributed by atoms with Crippen LogP contribution in [0.3, 0.4) is 0 Å². The third kappa shape index (κ3) is 8.39. The molecule has 2 aliphatic rings. The van der Waals surface area contributed by atoms with E-state index in [9.17, 15) is 30.3 Å². The zero-order valence-corrected chi connectivity index (χ0v) is 27.0. The van der Waals surface area contributed by atoms with Gasteiger partial charge in [0, 0.05) is 24.5 Å². The Labute approximate surface area is 246 Å². The Balaban J connectivity index is 2.52. The maximum Gasteiger partial charge on any atom is 0.311 e. The van der Waals surface area contributed by atoms with E-state index in [0.717, 1.165) is 0 Å². The minimum Gasteiger partial charge on any atom is -0.459 e. The molecule has 0 aliphatic carbocycles. The normalized spacial score (nSPS) is 48.4. The zero-order chi connectivity index (χ0) is 31.6. The molecule has 11 nitrogen and oxygen atoms in total. The molecule has 0 aromatic carbocycles. The predicted octanol–water partition coefficient (Wildman–Crippen LogP) is 0.976. The van der Waals surface area contributed by atoms with E-state index in [1.807, 2.05) is 44.8 Å². The molecule has 5 N–H and O–H groups in total. The van der Waals surface area contributed by atoms with E-state index in [2.05, 4.69) is 0 Å². The first-order valence-corrected chi connectivity index (χ1v) is 15.1. The number of aliphatic hydroxyl groups excluding tert-OH is 3. The highest BCUT2D eigenvalue weighted by molar-refractivity contribution is 5.73. The molecule has 2 aliphatic heterocycles. The summed E-state index contributed by atoms with van der Waals surface area (Å²) in [5.74, 6) is -2.65. The van der Waals surface area contributed by atoms with Gasteiger partial charge in [0.1, 0.15) is 23.9 Å². The summed E-state index contributed by atoms with van der Waals surface area (Å²) in [6.45, 7) is 14.2. The number of cyclic esters (lactones) is 1. The first-order valence-electron chi connectivity index (χ1n) is 15.1. The number of carbonyl (C=O) groups is 1. The topological polar surface area (TPSA) is 152 Å². The quantitative estimate of drug-likeness (QED) is 0.298. The number of ether oxygens (including phenoxy) is 3. The molecule has 11 heteroatoms. The third-order valence-corrected chi connectivity index (χ3v) is 9.46. The van der Waals surface area contributed by atoms with E-state index in [-0.39, 0.29) is 30.9 Å². The molecule has 0 saturated carbocycles. The molecule has 41 heavy (non-hydrogen) atoms. The number of carbonyl (C=O) groups excluding carboxylic acids is 1. The van der Waals surface area contributed by atoms with Gasteiger partial charge in [-0.05, 0) is 80.9 Å². The highest BCUT2D eigenvalue weighted by atomic mass is 16.7. The molecule has 2 rings (SSSR count). The van der Waals surface area contributed by atoms with Crippen molar-refractivity contribution in [3.05, 3.63) is 0 Å². The molecule has 0 radical (unpaired) electrons. The van der Waals surface area contributed by atoms with E-state index in [4.69, 9.17) is 14.2 Å². The van der Waals surface area contributed by atoms with Gasteiger partial charge in [0.05, 0.1) is 29.8 Å². The van der Waals surface area contributed by atoms with Crippen molar-refractivity contribution >= 4 is 5.97 Å². The van der Waals surface area contributed by atoms with Gasteiger partial charge in [-0.2, -0.15) is 0 Å². The highest BCUT2D eigenvalue weighted by Crippen LogP contribution is 2.36. The number of hydrogen-bond acceptors (Lipinski definition) is 11. The lowest BCUT2D eigenvalue weighted by atomic mass is 9.78. The van der Waals surface area contributed by atoms with Crippen molar-refractivity contribution in [2.75, 3.05) is 27.7 Å². The minimum atomic E-state index is -1.75. The average molecular weight is 591 g/mol. The molecular formula is C30H58N2O9. The van der Waals surface area contributed by atoms with E-state index < -0.39 is 71.9 Å². The van der Waals surface area contributed by atoms with Gasteiger partial charge in [-0.1, -0.05) is 20.8 Å². The van der Waals surface area contributed by atoms with Gasteiger partial charge < -0.3 is 49.5 Å². The number of rotatable bonds is 4. The monoisotopic (exact) mass is 590 g/mol. The van der Waals surface area contributed by atoms with Gasteiger partial charge >= 0.3 is 5.97 Å². The van der Waals surface area contributed by atoms with Gasteiger partial charge in [-0.25, -0.2) is 0 Å². The highest BCUT2D eigenvalue weighted by Gasteiger charge is 2.49. The summed E-state index contributed by atoms with van der Waals surface area (Å²) in [6, 6.07) is -0.733. The Morgan fingerprint density at radius 1 is 1.05 bits per heavy atom. The van der Waals surface area contributed by atoms with Crippen molar-refractivity contribution in [3.63, 3.8) is 0 Å². The lowest BCUT2D eigenvalue weighted by molar-refractivity contribution is -0.299. The van der Waals surface area contributed by atoms with Crippen LogP contribution in [0, 0.1) is 17.8 Å². The van der Waals surface area contributed by atoms with E-state index >= 15 is 0 Å². The molecule has 2 saturated heterocycles. The van der Waals surface area contributed by atoms with Crippen LogP contribution >= 0.6 is 0 Å². The second-order valence-corrected chi connectivity index (χ2v) is 13.6. The number of esters is 1. The zero-order valence-electron chi connectivity index (χ0n) is 27.0. The molecule has 1 unspecified atom stereocenters. The van der Waals surface area contributed by atoms with Crippen molar-refractivity contribution in [1.29, 1.82) is 0 Å². The fourth-order valence-electron chi connectivity index (χ4n) is 6.74. The van der Waals surface area contributed by atoms with E-state index in [1.165, 1.54) is 13.8 Å². The standard InChI is InChI=1S/C30H58N2O9/c1-12-22-30(8,38)25(35)20(6)32(11)15-16(2)14-29(7,37)26(18(4)23(33)19(5)27(36)40-22)41-28-24(34)21(31(9)10)13-17(3)39-28/h16-26,28,33-35,37-38H,12-15H2,1-11H3/t16-,17-,18+,19-,20-,21+,22?,23+,24-,25-,26-,28+,29-,30-/m1/s1. The van der Waals surface area contributed by atoms with E-state index in [0.29, 0.717) is 13.0 Å². The summed E-state index contributed by atoms with van der Waals surface area (Å²) < 4.78 is 18.1. The van der Waals surface area contributed by atoms with Gasteiger partial charge in [0.2, 0.25) is 0 Å². The third-order valence-electron chi connectivity index (χ3n) is 9.46. The summed E-state index contributed by atoms with van der Waals surface area (Å²) >= 11 is 0. The van der Waals surface area contributed by atoms with Gasteiger partial charge in [-0.15, -0.1) is 0 Å². The SMILES string of the molecule is CCC1OC(=O)[C@H](C)[C@@H](O)[C@H](C)[C@@H](O[C@@H]2O[C@H](C)C[C@H](N(C)C)[C@H]2O)[C@](C)(O)C[C@@H](C)CN(C)[C@H](C)[C@@H](O)[C@]1(C)O. The fraction of sp³-hybridized carbons (Fsp3) is 0.967. The Morgan fingerprint density at radius 2 is 1.63 bits per heavy atom. The van der Waals surface area contributed by atoms with Gasteiger partial charge in [0.15, 0.2) is 6.29 Å². The Kier molecular flexibility index (Phi) is 12.6. The second-order valence-electron chi connectivity index (χ2n) is 13.6. The maximum atomic E-state index is 13.3. The second kappa shape index (κ2) is 14.3. The van der Waals surface area contributed by atoms with Crippen LogP contribution in [-0.4, -0.2) is 135 Å². The van der Waals surface area contributed by atoms with Crippen LogP contribution in [0.4, 0.5) is 0 Å². The predicted molar refractivity (Wildman–Crippen MR) is 155 cm³/mol. The lowest BCUT2D eigenvalue weighted by Crippen LogP contribution is -2.59. The van der Waals surface area contributed by atoms with Gasteiger partial charge in [0.25, 0.3) is 0 Å². The van der Waals surface area contributed by atoms with E-state index in [1.54, 1.807) is 27.7 Å².